The van der Waals surface area contributed by atoms with Crippen LogP contribution in [0.4, 0.5) is 8.78 Å². The van der Waals surface area contributed by atoms with E-state index in [2.05, 4.69) is 0 Å². The van der Waals surface area contributed by atoms with Crippen molar-refractivity contribution in [1.29, 1.82) is 0 Å². The lowest BCUT2D eigenvalue weighted by Crippen LogP contribution is -2.26. The second kappa shape index (κ2) is 3.83. The van der Waals surface area contributed by atoms with E-state index in [-0.39, 0.29) is 12.0 Å². The quantitative estimate of drug-likeness (QED) is 0.769. The van der Waals surface area contributed by atoms with E-state index in [0.29, 0.717) is 0 Å². The molecule has 72 valence electrons. The Balaban J connectivity index is 2.81. The molecular formula is C10H13F2N. The van der Waals surface area contributed by atoms with Crippen LogP contribution in [-0.2, 0) is 5.92 Å². The van der Waals surface area contributed by atoms with Crippen molar-refractivity contribution in [2.24, 2.45) is 5.73 Å². The summed E-state index contributed by atoms with van der Waals surface area (Å²) in [5.41, 5.74) is 5.37. The van der Waals surface area contributed by atoms with Crippen LogP contribution in [-0.4, -0.2) is 6.04 Å². The Morgan fingerprint density at radius 1 is 1.31 bits per heavy atom. The van der Waals surface area contributed by atoms with Crippen molar-refractivity contribution >= 4 is 0 Å². The van der Waals surface area contributed by atoms with Crippen LogP contribution in [0.1, 0.15) is 18.9 Å². The molecule has 0 fully saturated rings. The predicted molar refractivity (Wildman–Crippen MR) is 48.6 cm³/mol. The zero-order valence-corrected chi connectivity index (χ0v) is 7.50. The molecule has 0 heterocycles. The van der Waals surface area contributed by atoms with Crippen molar-refractivity contribution in [3.05, 3.63) is 35.9 Å². The van der Waals surface area contributed by atoms with Crippen molar-refractivity contribution in [3.63, 3.8) is 0 Å². The van der Waals surface area contributed by atoms with E-state index in [1.54, 1.807) is 25.1 Å². The summed E-state index contributed by atoms with van der Waals surface area (Å²) in [4.78, 5) is 0. The van der Waals surface area contributed by atoms with E-state index in [1.807, 2.05) is 0 Å². The van der Waals surface area contributed by atoms with Gasteiger partial charge in [-0.25, -0.2) is 8.78 Å². The third-order valence-electron chi connectivity index (χ3n) is 1.77. The molecule has 0 aliphatic heterocycles. The van der Waals surface area contributed by atoms with E-state index in [4.69, 9.17) is 5.73 Å². The lowest BCUT2D eigenvalue weighted by Gasteiger charge is -2.18. The predicted octanol–water partition coefficient (Wildman–Crippen LogP) is 2.52. The summed E-state index contributed by atoms with van der Waals surface area (Å²) in [6, 6.07) is 7.26. The van der Waals surface area contributed by atoms with Crippen LogP contribution in [0, 0.1) is 0 Å². The highest BCUT2D eigenvalue weighted by molar-refractivity contribution is 5.19. The van der Waals surface area contributed by atoms with Crippen molar-refractivity contribution in [2.45, 2.75) is 25.3 Å². The SMILES string of the molecule is CC(N)CC(F)(F)c1ccccc1. The molecule has 0 radical (unpaired) electrons. The second-order valence-corrected chi connectivity index (χ2v) is 3.25. The van der Waals surface area contributed by atoms with Crippen molar-refractivity contribution in [2.75, 3.05) is 0 Å². The third kappa shape index (κ3) is 2.77. The van der Waals surface area contributed by atoms with E-state index >= 15 is 0 Å². The molecule has 2 N–H and O–H groups in total. The Labute approximate surface area is 76.6 Å². The zero-order valence-electron chi connectivity index (χ0n) is 7.50. The van der Waals surface area contributed by atoms with Gasteiger partial charge in [0.1, 0.15) is 0 Å². The maximum atomic E-state index is 13.3. The maximum Gasteiger partial charge on any atom is 0.274 e. The van der Waals surface area contributed by atoms with Gasteiger partial charge in [0.15, 0.2) is 0 Å². The topological polar surface area (TPSA) is 26.0 Å². The van der Waals surface area contributed by atoms with Crippen molar-refractivity contribution in [3.8, 4) is 0 Å². The van der Waals surface area contributed by atoms with Crippen LogP contribution in [0.2, 0.25) is 0 Å². The fourth-order valence-corrected chi connectivity index (χ4v) is 1.20. The molecule has 13 heavy (non-hydrogen) atoms. The lowest BCUT2D eigenvalue weighted by molar-refractivity contribution is -0.0181. The summed E-state index contributed by atoms with van der Waals surface area (Å²) in [7, 11) is 0. The molecule has 1 unspecified atom stereocenters. The normalized spacial score (nSPS) is 14.2. The van der Waals surface area contributed by atoms with Crippen LogP contribution in [0.5, 0.6) is 0 Å². The van der Waals surface area contributed by atoms with E-state index in [0.717, 1.165) is 0 Å². The van der Waals surface area contributed by atoms with Crippen LogP contribution < -0.4 is 5.73 Å². The molecule has 0 amide bonds. The van der Waals surface area contributed by atoms with Gasteiger partial charge in [-0.2, -0.15) is 0 Å². The minimum absolute atomic E-state index is 0.0345. The van der Waals surface area contributed by atoms with Gasteiger partial charge in [0.2, 0.25) is 0 Å². The van der Waals surface area contributed by atoms with Gasteiger partial charge in [0.25, 0.3) is 5.92 Å². The van der Waals surface area contributed by atoms with Crippen LogP contribution in [0.15, 0.2) is 30.3 Å². The fraction of sp³-hybridized carbons (Fsp3) is 0.400. The number of rotatable bonds is 3. The molecule has 1 rings (SSSR count). The van der Waals surface area contributed by atoms with E-state index in [1.165, 1.54) is 12.1 Å². The highest BCUT2D eigenvalue weighted by Crippen LogP contribution is 2.31. The third-order valence-corrected chi connectivity index (χ3v) is 1.77. The first-order valence-electron chi connectivity index (χ1n) is 4.21. The molecular weight excluding hydrogens is 172 g/mol. The molecule has 1 aromatic rings. The van der Waals surface area contributed by atoms with Crippen molar-refractivity contribution in [1.82, 2.24) is 0 Å². The molecule has 0 saturated heterocycles. The standard InChI is InChI=1S/C10H13F2N/c1-8(13)7-10(11,12)9-5-3-2-4-6-9/h2-6,8H,7,13H2,1H3. The van der Waals surface area contributed by atoms with Crippen LogP contribution >= 0.6 is 0 Å². The minimum Gasteiger partial charge on any atom is -0.328 e. The summed E-state index contributed by atoms with van der Waals surface area (Å²) in [6.45, 7) is 1.58. The summed E-state index contributed by atoms with van der Waals surface area (Å²) >= 11 is 0. The van der Waals surface area contributed by atoms with E-state index < -0.39 is 12.0 Å². The molecule has 1 atom stereocenters. The molecule has 0 bridgehead atoms. The smallest absolute Gasteiger partial charge is 0.274 e. The first-order valence-corrected chi connectivity index (χ1v) is 4.21. The molecule has 0 spiro atoms. The average Bonchev–Trinajstić information content (AvgIpc) is 2.04. The summed E-state index contributed by atoms with van der Waals surface area (Å²) < 4.78 is 26.7. The summed E-state index contributed by atoms with van der Waals surface area (Å²) in [5.74, 6) is -2.81. The van der Waals surface area contributed by atoms with Gasteiger partial charge in [-0.3, -0.25) is 0 Å². The molecule has 0 aliphatic rings. The lowest BCUT2D eigenvalue weighted by atomic mass is 10.0. The maximum absolute atomic E-state index is 13.3. The Morgan fingerprint density at radius 3 is 2.31 bits per heavy atom. The highest BCUT2D eigenvalue weighted by atomic mass is 19.3. The molecule has 0 saturated carbocycles. The largest absolute Gasteiger partial charge is 0.328 e. The second-order valence-electron chi connectivity index (χ2n) is 3.25. The number of alkyl halides is 2. The van der Waals surface area contributed by atoms with Gasteiger partial charge in [-0.1, -0.05) is 30.3 Å². The molecule has 0 aliphatic carbocycles. The molecule has 1 aromatic carbocycles. The van der Waals surface area contributed by atoms with E-state index in [9.17, 15) is 8.78 Å². The fourth-order valence-electron chi connectivity index (χ4n) is 1.20. The number of hydrogen-bond donors (Lipinski definition) is 1. The first-order chi connectivity index (χ1) is 6.02. The monoisotopic (exact) mass is 185 g/mol. The Kier molecular flexibility index (Phi) is 2.98. The minimum atomic E-state index is -2.81. The van der Waals surface area contributed by atoms with Gasteiger partial charge in [0.05, 0.1) is 0 Å². The highest BCUT2D eigenvalue weighted by Gasteiger charge is 2.31. The van der Waals surface area contributed by atoms with Gasteiger partial charge in [-0.05, 0) is 6.92 Å². The van der Waals surface area contributed by atoms with Gasteiger partial charge >= 0.3 is 0 Å². The number of halogens is 2. The number of nitrogens with two attached hydrogens (primary N) is 1. The van der Waals surface area contributed by atoms with Crippen LogP contribution in [0.25, 0.3) is 0 Å². The van der Waals surface area contributed by atoms with Crippen LogP contribution in [0.3, 0.4) is 0 Å². The summed E-state index contributed by atoms with van der Waals surface area (Å²) in [6.07, 6.45) is -0.309. The molecule has 1 nitrogen and oxygen atoms in total. The Morgan fingerprint density at radius 2 is 1.85 bits per heavy atom. The zero-order chi connectivity index (χ0) is 9.90. The van der Waals surface area contributed by atoms with Gasteiger partial charge < -0.3 is 5.73 Å². The Bertz CT molecular complexity index is 257. The van der Waals surface area contributed by atoms with Gasteiger partial charge in [-0.15, -0.1) is 0 Å². The number of benzene rings is 1. The average molecular weight is 185 g/mol. The molecule has 0 aromatic heterocycles. The first kappa shape index (κ1) is 10.1. The number of hydrogen-bond acceptors (Lipinski definition) is 1. The Hall–Kier alpha value is -0.960. The van der Waals surface area contributed by atoms with Crippen molar-refractivity contribution < 1.29 is 8.78 Å². The van der Waals surface area contributed by atoms with Gasteiger partial charge in [0, 0.05) is 18.0 Å². The molecule has 3 heteroatoms. The summed E-state index contributed by atoms with van der Waals surface area (Å²) in [5, 5.41) is 0.